The number of anilines is 1. The molecule has 0 aliphatic carbocycles. The Morgan fingerprint density at radius 2 is 1.90 bits per heavy atom. The average Bonchev–Trinajstić information content (AvgIpc) is 2.48. The first-order valence-electron chi connectivity index (χ1n) is 7.23. The number of carbonyl (C=O) groups is 1. The first-order valence-corrected chi connectivity index (χ1v) is 8.02. The summed E-state index contributed by atoms with van der Waals surface area (Å²) in [6.45, 7) is 4.17. The van der Waals surface area contributed by atoms with Gasteiger partial charge < -0.3 is 5.32 Å². The third-order valence-electron chi connectivity index (χ3n) is 3.60. The van der Waals surface area contributed by atoms with Gasteiger partial charge in [0.2, 0.25) is 5.91 Å². The Morgan fingerprint density at radius 3 is 2.62 bits per heavy atom. The largest absolute Gasteiger partial charge is 0.326 e. The summed E-state index contributed by atoms with van der Waals surface area (Å²) < 4.78 is 1.04. The predicted octanol–water partition coefficient (Wildman–Crippen LogP) is 4.89. The van der Waals surface area contributed by atoms with Crippen molar-refractivity contribution in [3.05, 3.63) is 63.6 Å². The highest BCUT2D eigenvalue weighted by molar-refractivity contribution is 9.10. The standard InChI is InChI=1S/C18H20BrNO/c1-3-14-12-16(19)9-10-17(14)20-18(21)11-8-15-7-5-4-6-13(15)2/h4-7,9-10,12H,3,8,11H2,1-2H3,(H,20,21). The Balaban J connectivity index is 1.98. The lowest BCUT2D eigenvalue weighted by Gasteiger charge is -2.11. The normalized spacial score (nSPS) is 10.4. The number of carbonyl (C=O) groups excluding carboxylic acids is 1. The second kappa shape index (κ2) is 7.41. The van der Waals surface area contributed by atoms with Gasteiger partial charge in [0.15, 0.2) is 0 Å². The number of benzene rings is 2. The minimum Gasteiger partial charge on any atom is -0.326 e. The van der Waals surface area contributed by atoms with Crippen LogP contribution in [0.3, 0.4) is 0 Å². The van der Waals surface area contributed by atoms with Crippen LogP contribution >= 0.6 is 15.9 Å². The number of hydrogen-bond donors (Lipinski definition) is 1. The van der Waals surface area contributed by atoms with Crippen molar-refractivity contribution >= 4 is 27.5 Å². The summed E-state index contributed by atoms with van der Waals surface area (Å²) in [4.78, 5) is 12.1. The van der Waals surface area contributed by atoms with Gasteiger partial charge in [0.25, 0.3) is 0 Å². The predicted molar refractivity (Wildman–Crippen MR) is 91.6 cm³/mol. The van der Waals surface area contributed by atoms with E-state index in [4.69, 9.17) is 0 Å². The van der Waals surface area contributed by atoms with E-state index in [0.717, 1.165) is 28.6 Å². The van der Waals surface area contributed by atoms with Crippen LogP contribution in [-0.4, -0.2) is 5.91 Å². The van der Waals surface area contributed by atoms with Crippen LogP contribution in [0, 0.1) is 6.92 Å². The Hall–Kier alpha value is -1.61. The lowest BCUT2D eigenvalue weighted by Crippen LogP contribution is -2.13. The maximum Gasteiger partial charge on any atom is 0.224 e. The first kappa shape index (κ1) is 15.8. The van der Waals surface area contributed by atoms with Crippen molar-refractivity contribution in [3.8, 4) is 0 Å². The highest BCUT2D eigenvalue weighted by Gasteiger charge is 2.07. The van der Waals surface area contributed by atoms with Crippen molar-refractivity contribution in [2.75, 3.05) is 5.32 Å². The molecular weight excluding hydrogens is 326 g/mol. The molecule has 0 aliphatic heterocycles. The zero-order valence-corrected chi connectivity index (χ0v) is 14.0. The summed E-state index contributed by atoms with van der Waals surface area (Å²) in [6.07, 6.45) is 2.17. The molecule has 1 amide bonds. The van der Waals surface area contributed by atoms with Crippen molar-refractivity contribution in [2.24, 2.45) is 0 Å². The van der Waals surface area contributed by atoms with E-state index in [0.29, 0.717) is 6.42 Å². The highest BCUT2D eigenvalue weighted by atomic mass is 79.9. The molecular formula is C18H20BrNO. The quantitative estimate of drug-likeness (QED) is 0.820. The number of rotatable bonds is 5. The molecule has 0 aliphatic rings. The molecule has 21 heavy (non-hydrogen) atoms. The summed E-state index contributed by atoms with van der Waals surface area (Å²) in [5, 5.41) is 3.02. The molecule has 0 unspecified atom stereocenters. The molecule has 0 saturated carbocycles. The van der Waals surface area contributed by atoms with Gasteiger partial charge in [0.05, 0.1) is 0 Å². The van der Waals surface area contributed by atoms with Crippen LogP contribution in [0.1, 0.15) is 30.0 Å². The van der Waals surface area contributed by atoms with Crippen LogP contribution in [0.2, 0.25) is 0 Å². The van der Waals surface area contributed by atoms with Crippen LogP contribution in [-0.2, 0) is 17.6 Å². The fraction of sp³-hybridized carbons (Fsp3) is 0.278. The van der Waals surface area contributed by atoms with Crippen LogP contribution in [0.5, 0.6) is 0 Å². The highest BCUT2D eigenvalue weighted by Crippen LogP contribution is 2.22. The van der Waals surface area contributed by atoms with Crippen LogP contribution < -0.4 is 5.32 Å². The number of aryl methyl sites for hydroxylation is 3. The second-order valence-corrected chi connectivity index (χ2v) is 6.05. The van der Waals surface area contributed by atoms with Gasteiger partial charge >= 0.3 is 0 Å². The van der Waals surface area contributed by atoms with E-state index in [9.17, 15) is 4.79 Å². The smallest absolute Gasteiger partial charge is 0.224 e. The van der Waals surface area contributed by atoms with E-state index in [1.54, 1.807) is 0 Å². The van der Waals surface area contributed by atoms with Crippen molar-refractivity contribution in [1.82, 2.24) is 0 Å². The molecule has 1 N–H and O–H groups in total. The Kier molecular flexibility index (Phi) is 5.57. The fourth-order valence-electron chi connectivity index (χ4n) is 2.33. The van der Waals surface area contributed by atoms with Crippen molar-refractivity contribution in [2.45, 2.75) is 33.1 Å². The summed E-state index contributed by atoms with van der Waals surface area (Å²) in [5.74, 6) is 0.0651. The molecule has 0 atom stereocenters. The Labute approximate surface area is 134 Å². The monoisotopic (exact) mass is 345 g/mol. The van der Waals surface area contributed by atoms with Crippen molar-refractivity contribution < 1.29 is 4.79 Å². The van der Waals surface area contributed by atoms with E-state index < -0.39 is 0 Å². The van der Waals surface area contributed by atoms with Gasteiger partial charge in [-0.2, -0.15) is 0 Å². The number of amides is 1. The molecule has 2 rings (SSSR count). The number of nitrogens with one attached hydrogen (secondary N) is 1. The molecule has 0 aromatic heterocycles. The lowest BCUT2D eigenvalue weighted by molar-refractivity contribution is -0.116. The van der Waals surface area contributed by atoms with Crippen LogP contribution in [0.15, 0.2) is 46.9 Å². The summed E-state index contributed by atoms with van der Waals surface area (Å²) in [7, 11) is 0. The van der Waals surface area contributed by atoms with Crippen molar-refractivity contribution in [1.29, 1.82) is 0 Å². The van der Waals surface area contributed by atoms with Gasteiger partial charge in [0, 0.05) is 16.6 Å². The number of halogens is 1. The number of hydrogen-bond acceptors (Lipinski definition) is 1. The minimum absolute atomic E-state index is 0.0651. The van der Waals surface area contributed by atoms with Gasteiger partial charge in [-0.15, -0.1) is 0 Å². The molecule has 0 radical (unpaired) electrons. The molecule has 3 heteroatoms. The third-order valence-corrected chi connectivity index (χ3v) is 4.10. The van der Waals surface area contributed by atoms with Gasteiger partial charge in [-0.1, -0.05) is 47.1 Å². The molecule has 2 nitrogen and oxygen atoms in total. The Morgan fingerprint density at radius 1 is 1.14 bits per heavy atom. The van der Waals surface area contributed by atoms with Crippen LogP contribution in [0.25, 0.3) is 0 Å². The SMILES string of the molecule is CCc1cc(Br)ccc1NC(=O)CCc1ccccc1C. The van der Waals surface area contributed by atoms with Gasteiger partial charge in [-0.25, -0.2) is 0 Å². The average molecular weight is 346 g/mol. The van der Waals surface area contributed by atoms with E-state index in [1.165, 1.54) is 11.1 Å². The molecule has 0 spiro atoms. The topological polar surface area (TPSA) is 29.1 Å². The maximum atomic E-state index is 12.1. The minimum atomic E-state index is 0.0651. The first-order chi connectivity index (χ1) is 10.1. The summed E-state index contributed by atoms with van der Waals surface area (Å²) in [6, 6.07) is 14.2. The zero-order chi connectivity index (χ0) is 15.2. The maximum absolute atomic E-state index is 12.1. The third kappa shape index (κ3) is 4.43. The summed E-state index contributed by atoms with van der Waals surface area (Å²) in [5.41, 5.74) is 4.53. The zero-order valence-electron chi connectivity index (χ0n) is 12.4. The molecule has 0 fully saturated rings. The van der Waals surface area contributed by atoms with E-state index in [-0.39, 0.29) is 5.91 Å². The van der Waals surface area contributed by atoms with E-state index >= 15 is 0 Å². The molecule has 110 valence electrons. The Bertz CT molecular complexity index is 637. The van der Waals surface area contributed by atoms with Gasteiger partial charge in [0.1, 0.15) is 0 Å². The van der Waals surface area contributed by atoms with E-state index in [1.807, 2.05) is 24.3 Å². The summed E-state index contributed by atoms with van der Waals surface area (Å²) >= 11 is 3.46. The molecule has 0 bridgehead atoms. The van der Waals surface area contributed by atoms with E-state index in [2.05, 4.69) is 53.3 Å². The fourth-order valence-corrected chi connectivity index (χ4v) is 2.74. The second-order valence-electron chi connectivity index (χ2n) is 5.13. The van der Waals surface area contributed by atoms with Gasteiger partial charge in [-0.05, 0) is 54.7 Å². The molecule has 2 aromatic rings. The molecule has 0 saturated heterocycles. The molecule has 0 heterocycles. The van der Waals surface area contributed by atoms with Crippen LogP contribution in [0.4, 0.5) is 5.69 Å². The van der Waals surface area contributed by atoms with Gasteiger partial charge in [-0.3, -0.25) is 4.79 Å². The molecule has 2 aromatic carbocycles. The lowest BCUT2D eigenvalue weighted by atomic mass is 10.0. The van der Waals surface area contributed by atoms with Crippen molar-refractivity contribution in [3.63, 3.8) is 0 Å².